The van der Waals surface area contributed by atoms with Gasteiger partial charge >= 0.3 is 0 Å². The van der Waals surface area contributed by atoms with Crippen molar-refractivity contribution in [1.82, 2.24) is 0 Å². The first-order valence-electron chi connectivity index (χ1n) is 3.23. The molecule has 2 rings (SSSR count). The molecular weight excluding hydrogens is 245 g/mol. The second kappa shape index (κ2) is 2.71. The molecule has 5 heteroatoms. The number of ether oxygens (including phenoxy) is 2. The number of halogens is 2. The molecule has 0 saturated carbocycles. The van der Waals surface area contributed by atoms with Crippen LogP contribution >= 0.6 is 27.5 Å². The average Bonchev–Trinajstić information content (AvgIpc) is 2.48. The van der Waals surface area contributed by atoms with E-state index in [1.807, 2.05) is 0 Å². The SMILES string of the molecule is Nc1cc(Br)c2c(c1Cl)OCO2. The van der Waals surface area contributed by atoms with Crippen LogP contribution in [-0.2, 0) is 0 Å². The minimum absolute atomic E-state index is 0.192. The van der Waals surface area contributed by atoms with Crippen LogP contribution < -0.4 is 15.2 Å². The Morgan fingerprint density at radius 1 is 1.42 bits per heavy atom. The summed E-state index contributed by atoms with van der Waals surface area (Å²) in [7, 11) is 0. The zero-order chi connectivity index (χ0) is 8.72. The van der Waals surface area contributed by atoms with Crippen LogP contribution in [0.5, 0.6) is 11.5 Å². The highest BCUT2D eigenvalue weighted by Gasteiger charge is 2.22. The van der Waals surface area contributed by atoms with Crippen molar-refractivity contribution in [3.8, 4) is 11.5 Å². The molecule has 64 valence electrons. The van der Waals surface area contributed by atoms with Crippen LogP contribution in [0.15, 0.2) is 10.5 Å². The Bertz CT molecular complexity index is 343. The van der Waals surface area contributed by atoms with E-state index in [9.17, 15) is 0 Å². The summed E-state index contributed by atoms with van der Waals surface area (Å²) in [5.41, 5.74) is 6.08. The molecule has 3 nitrogen and oxygen atoms in total. The van der Waals surface area contributed by atoms with Crippen LogP contribution in [0, 0.1) is 0 Å². The summed E-state index contributed by atoms with van der Waals surface area (Å²) in [5, 5.41) is 0.408. The van der Waals surface area contributed by atoms with Gasteiger partial charge in [-0.25, -0.2) is 0 Å². The second-order valence-corrected chi connectivity index (χ2v) is 3.56. The smallest absolute Gasteiger partial charge is 0.231 e. The molecule has 0 amide bonds. The van der Waals surface area contributed by atoms with Gasteiger partial charge in [0.05, 0.1) is 10.2 Å². The van der Waals surface area contributed by atoms with Crippen LogP contribution in [0.4, 0.5) is 5.69 Å². The van der Waals surface area contributed by atoms with Crippen molar-refractivity contribution < 1.29 is 9.47 Å². The van der Waals surface area contributed by atoms with E-state index >= 15 is 0 Å². The molecule has 0 bridgehead atoms. The van der Waals surface area contributed by atoms with E-state index in [-0.39, 0.29) is 6.79 Å². The molecule has 0 aromatic heterocycles. The van der Waals surface area contributed by atoms with E-state index in [0.717, 1.165) is 4.47 Å². The minimum Gasteiger partial charge on any atom is -0.452 e. The molecular formula is C7H5BrClNO2. The molecule has 0 spiro atoms. The molecule has 1 aromatic rings. The van der Waals surface area contributed by atoms with Gasteiger partial charge in [-0.15, -0.1) is 0 Å². The molecule has 1 aliphatic heterocycles. The third-order valence-corrected chi connectivity index (χ3v) is 2.54. The Labute approximate surface area is 82.5 Å². The maximum absolute atomic E-state index is 5.86. The van der Waals surface area contributed by atoms with Gasteiger partial charge in [-0.3, -0.25) is 0 Å². The fourth-order valence-electron chi connectivity index (χ4n) is 1.02. The summed E-state index contributed by atoms with van der Waals surface area (Å²) in [4.78, 5) is 0. The summed E-state index contributed by atoms with van der Waals surface area (Å²) in [6.45, 7) is 0.192. The van der Waals surface area contributed by atoms with Gasteiger partial charge in [0.1, 0.15) is 5.02 Å². The van der Waals surface area contributed by atoms with E-state index < -0.39 is 0 Å². The van der Waals surface area contributed by atoms with Crippen molar-refractivity contribution in [2.45, 2.75) is 0 Å². The maximum Gasteiger partial charge on any atom is 0.231 e. The monoisotopic (exact) mass is 249 g/mol. The zero-order valence-electron chi connectivity index (χ0n) is 5.93. The lowest BCUT2D eigenvalue weighted by Crippen LogP contribution is -1.93. The first-order valence-corrected chi connectivity index (χ1v) is 4.40. The summed E-state index contributed by atoms with van der Waals surface area (Å²) < 4.78 is 11.0. The van der Waals surface area contributed by atoms with Crippen LogP contribution in [0.1, 0.15) is 0 Å². The molecule has 0 saturated heterocycles. The van der Waals surface area contributed by atoms with E-state index in [4.69, 9.17) is 26.8 Å². The first-order chi connectivity index (χ1) is 5.70. The first kappa shape index (κ1) is 8.01. The lowest BCUT2D eigenvalue weighted by Gasteiger charge is -2.03. The Kier molecular flexibility index (Phi) is 1.81. The number of benzene rings is 1. The fraction of sp³-hybridized carbons (Fsp3) is 0.143. The van der Waals surface area contributed by atoms with Crippen molar-refractivity contribution in [2.75, 3.05) is 12.5 Å². The van der Waals surface area contributed by atoms with Crippen molar-refractivity contribution in [2.24, 2.45) is 0 Å². The van der Waals surface area contributed by atoms with E-state index in [1.165, 1.54) is 0 Å². The van der Waals surface area contributed by atoms with Crippen LogP contribution in [-0.4, -0.2) is 6.79 Å². The molecule has 0 unspecified atom stereocenters. The third kappa shape index (κ3) is 1.03. The maximum atomic E-state index is 5.86. The van der Waals surface area contributed by atoms with Gasteiger partial charge in [0, 0.05) is 0 Å². The Morgan fingerprint density at radius 3 is 2.83 bits per heavy atom. The van der Waals surface area contributed by atoms with Crippen molar-refractivity contribution in [3.63, 3.8) is 0 Å². The van der Waals surface area contributed by atoms with Gasteiger partial charge in [-0.2, -0.15) is 0 Å². The fourth-order valence-corrected chi connectivity index (χ4v) is 1.75. The Hall–Kier alpha value is -0.610. The van der Waals surface area contributed by atoms with Crippen LogP contribution in [0.2, 0.25) is 5.02 Å². The number of hydrogen-bond donors (Lipinski definition) is 1. The molecule has 12 heavy (non-hydrogen) atoms. The van der Waals surface area contributed by atoms with Crippen LogP contribution in [0.3, 0.4) is 0 Å². The third-order valence-electron chi connectivity index (χ3n) is 1.56. The van der Waals surface area contributed by atoms with E-state index in [2.05, 4.69) is 15.9 Å². The van der Waals surface area contributed by atoms with Crippen molar-refractivity contribution >= 4 is 33.2 Å². The summed E-state index contributed by atoms with van der Waals surface area (Å²) in [6.07, 6.45) is 0. The van der Waals surface area contributed by atoms with Crippen molar-refractivity contribution in [1.29, 1.82) is 0 Å². The highest BCUT2D eigenvalue weighted by molar-refractivity contribution is 9.10. The predicted molar refractivity (Wildman–Crippen MR) is 49.7 cm³/mol. The predicted octanol–water partition coefficient (Wildman–Crippen LogP) is 2.41. The largest absolute Gasteiger partial charge is 0.452 e. The molecule has 2 N–H and O–H groups in total. The Balaban J connectivity index is 2.69. The summed E-state index contributed by atoms with van der Waals surface area (Å²) in [5.74, 6) is 1.14. The highest BCUT2D eigenvalue weighted by atomic mass is 79.9. The standard InChI is InChI=1S/C7H5BrClNO2/c8-3-1-4(10)5(9)7-6(3)11-2-12-7/h1H,2,10H2. The zero-order valence-corrected chi connectivity index (χ0v) is 8.28. The topological polar surface area (TPSA) is 44.5 Å². The minimum atomic E-state index is 0.192. The number of fused-ring (bicyclic) bond motifs is 1. The van der Waals surface area contributed by atoms with Gasteiger partial charge in [-0.1, -0.05) is 11.6 Å². The second-order valence-electron chi connectivity index (χ2n) is 2.33. The molecule has 0 atom stereocenters. The normalized spacial score (nSPS) is 13.5. The molecule has 1 aliphatic rings. The molecule has 0 fully saturated rings. The van der Waals surface area contributed by atoms with E-state index in [1.54, 1.807) is 6.07 Å². The van der Waals surface area contributed by atoms with Gasteiger partial charge in [0.2, 0.25) is 6.79 Å². The highest BCUT2D eigenvalue weighted by Crippen LogP contribution is 2.46. The lowest BCUT2D eigenvalue weighted by atomic mass is 10.3. The van der Waals surface area contributed by atoms with Crippen molar-refractivity contribution in [3.05, 3.63) is 15.6 Å². The van der Waals surface area contributed by atoms with E-state index in [0.29, 0.717) is 22.2 Å². The number of anilines is 1. The molecule has 0 radical (unpaired) electrons. The summed E-state index contributed by atoms with van der Waals surface area (Å²) in [6, 6.07) is 1.69. The van der Waals surface area contributed by atoms with Gasteiger partial charge in [-0.05, 0) is 22.0 Å². The summed E-state index contributed by atoms with van der Waals surface area (Å²) >= 11 is 9.15. The van der Waals surface area contributed by atoms with Gasteiger partial charge < -0.3 is 15.2 Å². The number of nitrogen functional groups attached to an aromatic ring is 1. The van der Waals surface area contributed by atoms with Gasteiger partial charge in [0.25, 0.3) is 0 Å². The molecule has 1 heterocycles. The number of nitrogens with two attached hydrogens (primary N) is 1. The van der Waals surface area contributed by atoms with Gasteiger partial charge in [0.15, 0.2) is 11.5 Å². The lowest BCUT2D eigenvalue weighted by molar-refractivity contribution is 0.173. The Morgan fingerprint density at radius 2 is 2.08 bits per heavy atom. The van der Waals surface area contributed by atoms with Crippen LogP contribution in [0.25, 0.3) is 0 Å². The average molecular weight is 250 g/mol. The quantitative estimate of drug-likeness (QED) is 0.719. The number of hydrogen-bond acceptors (Lipinski definition) is 3. The molecule has 1 aromatic carbocycles. The number of rotatable bonds is 0. The molecule has 0 aliphatic carbocycles.